The molecule has 1 saturated heterocycles. The molecule has 4 rings (SSSR count). The Kier molecular flexibility index (Phi) is 3.35. The lowest BCUT2D eigenvalue weighted by Gasteiger charge is -2.27. The highest BCUT2D eigenvalue weighted by atomic mass is 16.5. The topological polar surface area (TPSA) is 109 Å². The second-order valence-electron chi connectivity index (χ2n) is 5.03. The average Bonchev–Trinajstić information content (AvgIpc) is 3.25. The number of hydrogen-bond acceptors (Lipinski definition) is 6. The first-order valence-electron chi connectivity index (χ1n) is 7.20. The summed E-state index contributed by atoms with van der Waals surface area (Å²) < 4.78 is 8.24. The lowest BCUT2D eigenvalue weighted by atomic mass is 10.4. The fraction of sp³-hybridized carbons (Fsp3) is 0.308. The van der Waals surface area contributed by atoms with Gasteiger partial charge in [-0.05, 0) is 0 Å². The van der Waals surface area contributed by atoms with E-state index in [0.29, 0.717) is 24.7 Å². The summed E-state index contributed by atoms with van der Waals surface area (Å²) >= 11 is 0. The van der Waals surface area contributed by atoms with Crippen LogP contribution < -0.4 is 15.1 Å². The van der Waals surface area contributed by atoms with Crippen molar-refractivity contribution in [1.82, 2.24) is 30.1 Å². The van der Waals surface area contributed by atoms with E-state index in [4.69, 9.17) is 4.74 Å². The summed E-state index contributed by atoms with van der Waals surface area (Å²) in [5.74, 6) is 1.26. The Hall–Kier alpha value is -3.01. The van der Waals surface area contributed by atoms with Gasteiger partial charge in [0, 0.05) is 24.3 Å². The molecule has 4 heterocycles. The number of hydrogen-bond donors (Lipinski definition) is 2. The highest BCUT2D eigenvalue weighted by molar-refractivity contribution is 5.43. The number of H-pyrrole nitrogens is 2. The molecule has 0 amide bonds. The highest BCUT2D eigenvalue weighted by Crippen LogP contribution is 2.14. The Labute approximate surface area is 130 Å². The number of nitrogens with zero attached hydrogens (tertiary/aromatic N) is 6. The smallest absolute Gasteiger partial charge is 0.322 e. The van der Waals surface area contributed by atoms with Crippen LogP contribution in [0.5, 0.6) is 0 Å². The molecule has 0 unspecified atom stereocenters. The van der Waals surface area contributed by atoms with Gasteiger partial charge >= 0.3 is 5.56 Å². The van der Waals surface area contributed by atoms with E-state index >= 15 is 0 Å². The molecule has 3 aromatic heterocycles. The third-order valence-electron chi connectivity index (χ3n) is 3.67. The van der Waals surface area contributed by atoms with Crippen molar-refractivity contribution in [2.75, 3.05) is 31.2 Å². The highest BCUT2D eigenvalue weighted by Gasteiger charge is 2.17. The monoisotopic (exact) mass is 315 g/mol. The van der Waals surface area contributed by atoms with Crippen LogP contribution in [0, 0.1) is 0 Å². The van der Waals surface area contributed by atoms with Crippen LogP contribution >= 0.6 is 0 Å². The van der Waals surface area contributed by atoms with Crippen molar-refractivity contribution in [3.63, 3.8) is 0 Å². The molecule has 118 valence electrons. The van der Waals surface area contributed by atoms with Gasteiger partial charge < -0.3 is 9.64 Å². The van der Waals surface area contributed by atoms with Crippen LogP contribution in [0.15, 0.2) is 35.8 Å². The van der Waals surface area contributed by atoms with Gasteiger partial charge in [-0.1, -0.05) is 5.21 Å². The SMILES string of the molecule is O=c1c(-[n+]2ccn[nH]2)c[nH]n1-c1cc(N2CCOCC2)ncn1. The van der Waals surface area contributed by atoms with Crippen LogP contribution in [-0.4, -0.2) is 56.4 Å². The van der Waals surface area contributed by atoms with Gasteiger partial charge in [0.2, 0.25) is 11.9 Å². The quantitative estimate of drug-likeness (QED) is 0.587. The van der Waals surface area contributed by atoms with Crippen LogP contribution in [0.25, 0.3) is 11.5 Å². The molecule has 1 aliphatic heterocycles. The van der Waals surface area contributed by atoms with Crippen molar-refractivity contribution in [1.29, 1.82) is 0 Å². The lowest BCUT2D eigenvalue weighted by Crippen LogP contribution is -2.38. The number of nitrogens with one attached hydrogen (secondary N) is 2. The summed E-state index contributed by atoms with van der Waals surface area (Å²) in [5, 5.41) is 9.44. The van der Waals surface area contributed by atoms with Crippen molar-refractivity contribution in [2.24, 2.45) is 0 Å². The average molecular weight is 315 g/mol. The standard InChI is InChI=1S/C13H14N8O2/c22-13-10(20-2-1-16-18-20)8-17-21(13)12-7-11(14-9-15-12)19-3-5-23-6-4-19/h1-2,7-9H,3-6H2,(H,17,22)/p+1. The second kappa shape index (κ2) is 5.65. The van der Waals surface area contributed by atoms with Crippen LogP contribution in [0.1, 0.15) is 0 Å². The molecule has 10 heteroatoms. The first kappa shape index (κ1) is 13.6. The Morgan fingerprint density at radius 3 is 2.83 bits per heavy atom. The number of aromatic nitrogens is 7. The minimum Gasteiger partial charge on any atom is -0.378 e. The van der Waals surface area contributed by atoms with Crippen molar-refractivity contribution < 1.29 is 9.42 Å². The zero-order valence-corrected chi connectivity index (χ0v) is 12.2. The molecular weight excluding hydrogens is 300 g/mol. The van der Waals surface area contributed by atoms with E-state index in [1.807, 2.05) is 0 Å². The van der Waals surface area contributed by atoms with E-state index in [-0.39, 0.29) is 5.56 Å². The molecule has 0 spiro atoms. The maximum absolute atomic E-state index is 12.5. The minimum absolute atomic E-state index is 0.231. The molecule has 1 fully saturated rings. The third-order valence-corrected chi connectivity index (χ3v) is 3.67. The van der Waals surface area contributed by atoms with Gasteiger partial charge in [-0.15, -0.1) is 4.68 Å². The van der Waals surface area contributed by atoms with Crippen LogP contribution in [0.4, 0.5) is 5.82 Å². The first-order chi connectivity index (χ1) is 11.3. The molecule has 23 heavy (non-hydrogen) atoms. The first-order valence-corrected chi connectivity index (χ1v) is 7.20. The molecule has 0 saturated carbocycles. The van der Waals surface area contributed by atoms with Gasteiger partial charge in [0.1, 0.15) is 12.1 Å². The zero-order chi connectivity index (χ0) is 15.6. The maximum Gasteiger partial charge on any atom is 0.322 e. The molecule has 0 aliphatic carbocycles. The fourth-order valence-corrected chi connectivity index (χ4v) is 2.49. The van der Waals surface area contributed by atoms with E-state index in [1.165, 1.54) is 15.7 Å². The number of aromatic amines is 2. The van der Waals surface area contributed by atoms with Gasteiger partial charge in [-0.2, -0.15) is 4.68 Å². The van der Waals surface area contributed by atoms with Gasteiger partial charge in [-0.25, -0.2) is 9.97 Å². The number of ether oxygens (including phenoxy) is 1. The Morgan fingerprint density at radius 2 is 2.04 bits per heavy atom. The molecular formula is C13H15N8O2+. The van der Waals surface area contributed by atoms with Crippen molar-refractivity contribution in [3.8, 4) is 11.5 Å². The van der Waals surface area contributed by atoms with Gasteiger partial charge in [0.15, 0.2) is 12.0 Å². The van der Waals surface area contributed by atoms with E-state index in [1.54, 1.807) is 24.7 Å². The summed E-state index contributed by atoms with van der Waals surface area (Å²) in [4.78, 5) is 23.1. The summed E-state index contributed by atoms with van der Waals surface area (Å²) in [6.45, 7) is 2.88. The molecule has 0 radical (unpaired) electrons. The molecule has 0 atom stereocenters. The maximum atomic E-state index is 12.5. The van der Waals surface area contributed by atoms with Crippen molar-refractivity contribution >= 4 is 5.82 Å². The minimum atomic E-state index is -0.231. The number of anilines is 1. The van der Waals surface area contributed by atoms with E-state index < -0.39 is 0 Å². The summed E-state index contributed by atoms with van der Waals surface area (Å²) in [7, 11) is 0. The Balaban J connectivity index is 1.70. The molecule has 1 aliphatic rings. The molecule has 2 N–H and O–H groups in total. The molecule has 0 aromatic carbocycles. The van der Waals surface area contributed by atoms with Crippen LogP contribution in [0.3, 0.4) is 0 Å². The van der Waals surface area contributed by atoms with Crippen molar-refractivity contribution in [3.05, 3.63) is 41.3 Å². The predicted molar refractivity (Wildman–Crippen MR) is 78.7 cm³/mol. The van der Waals surface area contributed by atoms with Gasteiger partial charge in [-0.3, -0.25) is 9.89 Å². The predicted octanol–water partition coefficient (Wildman–Crippen LogP) is -1.21. The summed E-state index contributed by atoms with van der Waals surface area (Å²) in [6, 6.07) is 1.78. The van der Waals surface area contributed by atoms with Gasteiger partial charge in [0.25, 0.3) is 0 Å². The molecule has 10 nitrogen and oxygen atoms in total. The summed E-state index contributed by atoms with van der Waals surface area (Å²) in [6.07, 6.45) is 6.28. The lowest BCUT2D eigenvalue weighted by molar-refractivity contribution is -0.660. The van der Waals surface area contributed by atoms with Crippen molar-refractivity contribution in [2.45, 2.75) is 0 Å². The zero-order valence-electron chi connectivity index (χ0n) is 12.2. The largest absolute Gasteiger partial charge is 0.378 e. The van der Waals surface area contributed by atoms with Crippen LogP contribution in [-0.2, 0) is 4.74 Å². The fourth-order valence-electron chi connectivity index (χ4n) is 2.49. The van der Waals surface area contributed by atoms with Gasteiger partial charge in [0.05, 0.1) is 19.4 Å². The Bertz CT molecular complexity index is 847. The number of rotatable bonds is 3. The third kappa shape index (κ3) is 2.48. The molecule has 0 bridgehead atoms. The van der Waals surface area contributed by atoms with Crippen LogP contribution in [0.2, 0.25) is 0 Å². The van der Waals surface area contributed by atoms with E-state index in [2.05, 4.69) is 30.3 Å². The molecule has 3 aromatic rings. The van der Waals surface area contributed by atoms with E-state index in [9.17, 15) is 4.79 Å². The second-order valence-corrected chi connectivity index (χ2v) is 5.03. The Morgan fingerprint density at radius 1 is 1.22 bits per heavy atom. The normalized spacial score (nSPS) is 15.0. The summed E-state index contributed by atoms with van der Waals surface area (Å²) in [5.41, 5.74) is 0.194. The van der Waals surface area contributed by atoms with E-state index in [0.717, 1.165) is 18.9 Å². The number of morpholine rings is 1.